The topological polar surface area (TPSA) is 112 Å². The number of ketones is 1. The zero-order valence-corrected chi connectivity index (χ0v) is 19.0. The predicted octanol–water partition coefficient (Wildman–Crippen LogP) is 4.08. The molecule has 0 atom stereocenters. The van der Waals surface area contributed by atoms with Crippen LogP contribution in [-0.2, 0) is 16.1 Å². The molecule has 0 radical (unpaired) electrons. The summed E-state index contributed by atoms with van der Waals surface area (Å²) < 4.78 is 7.21. The summed E-state index contributed by atoms with van der Waals surface area (Å²) in [4.78, 5) is 35.5. The number of carbonyl (C=O) groups is 3. The molecule has 0 saturated carbocycles. The van der Waals surface area contributed by atoms with Crippen LogP contribution < -0.4 is 10.5 Å². The molecule has 7 heteroatoms. The molecule has 34 heavy (non-hydrogen) atoms. The molecule has 0 bridgehead atoms. The minimum absolute atomic E-state index is 0.0318. The Morgan fingerprint density at radius 1 is 0.912 bits per heavy atom. The molecule has 0 aliphatic rings. The van der Waals surface area contributed by atoms with E-state index in [4.69, 9.17) is 15.6 Å². The molecule has 0 spiro atoms. The molecule has 0 aliphatic heterocycles. The molecule has 3 aromatic rings. The molecule has 0 fully saturated rings. The summed E-state index contributed by atoms with van der Waals surface area (Å²) in [6.07, 6.45) is 0. The number of carboxylic acids is 1. The molecule has 1 aromatic heterocycles. The number of hydrogen-bond donors (Lipinski definition) is 2. The summed E-state index contributed by atoms with van der Waals surface area (Å²) in [5.74, 6) is -3.04. The third kappa shape index (κ3) is 5.89. The number of Topliss-reactive ketones (excluding diaryl/α,β-unsaturated/α-hetero) is 1. The van der Waals surface area contributed by atoms with Crippen LogP contribution in [-0.4, -0.2) is 33.9 Å². The number of aryl methyl sites for hydroxylation is 1. The normalized spacial score (nSPS) is 10.3. The zero-order valence-electron chi connectivity index (χ0n) is 19.0. The highest BCUT2D eigenvalue weighted by molar-refractivity contribution is 6.42. The van der Waals surface area contributed by atoms with Crippen molar-refractivity contribution in [3.63, 3.8) is 0 Å². The quantitative estimate of drug-likeness (QED) is 0.390. The highest BCUT2D eigenvalue weighted by Gasteiger charge is 2.18. The molecular formula is C27H26N2O5. The molecule has 0 saturated heterocycles. The number of aromatic nitrogens is 1. The SMILES string of the molecule is Cc1cccc(OCC(=O)O)cc(C(=O)C(N)=O)c(C)n1Cc1ccccc1-c1ccccc1. The first kappa shape index (κ1) is 24.3. The lowest BCUT2D eigenvalue weighted by Gasteiger charge is -2.17. The van der Waals surface area contributed by atoms with Crippen LogP contribution >= 0.6 is 0 Å². The predicted molar refractivity (Wildman–Crippen MR) is 129 cm³/mol. The monoisotopic (exact) mass is 458 g/mol. The minimum atomic E-state index is -1.16. The van der Waals surface area contributed by atoms with Gasteiger partial charge in [-0.3, -0.25) is 9.59 Å². The number of aliphatic carboxylic acids is 1. The van der Waals surface area contributed by atoms with E-state index in [1.165, 1.54) is 12.1 Å². The number of carbonyl (C=O) groups excluding carboxylic acids is 2. The molecule has 1 amide bonds. The number of hydrogen-bond acceptors (Lipinski definition) is 4. The summed E-state index contributed by atoms with van der Waals surface area (Å²) in [7, 11) is 0. The van der Waals surface area contributed by atoms with E-state index in [1.807, 2.05) is 72.2 Å². The van der Waals surface area contributed by atoms with Crippen LogP contribution in [0.3, 0.4) is 0 Å². The van der Waals surface area contributed by atoms with Gasteiger partial charge in [0.2, 0.25) is 0 Å². The van der Waals surface area contributed by atoms with E-state index in [0.717, 1.165) is 22.4 Å². The van der Waals surface area contributed by atoms with Crippen molar-refractivity contribution in [2.75, 3.05) is 6.61 Å². The summed E-state index contributed by atoms with van der Waals surface area (Å²) in [5, 5.41) is 8.96. The van der Waals surface area contributed by atoms with E-state index in [9.17, 15) is 14.4 Å². The Bertz CT molecular complexity index is 1280. The van der Waals surface area contributed by atoms with E-state index in [-0.39, 0.29) is 11.3 Å². The molecule has 1 heterocycles. The van der Waals surface area contributed by atoms with Crippen molar-refractivity contribution in [3.05, 3.63) is 101 Å². The maximum absolute atomic E-state index is 12.7. The lowest BCUT2D eigenvalue weighted by Crippen LogP contribution is -2.25. The Labute approximate surface area is 197 Å². The lowest BCUT2D eigenvalue weighted by atomic mass is 9.99. The first-order valence-corrected chi connectivity index (χ1v) is 10.6. The molecule has 2 aromatic carbocycles. The van der Waals surface area contributed by atoms with Crippen LogP contribution in [0.25, 0.3) is 11.1 Å². The Morgan fingerprint density at radius 3 is 2.26 bits per heavy atom. The Balaban J connectivity index is 2.22. The van der Waals surface area contributed by atoms with E-state index in [2.05, 4.69) is 0 Å². The second-order valence-electron chi connectivity index (χ2n) is 7.70. The highest BCUT2D eigenvalue weighted by atomic mass is 16.5. The molecular weight excluding hydrogens is 432 g/mol. The van der Waals surface area contributed by atoms with Gasteiger partial charge in [-0.25, -0.2) is 4.79 Å². The first-order chi connectivity index (χ1) is 16.3. The fraction of sp³-hybridized carbons (Fsp3) is 0.148. The van der Waals surface area contributed by atoms with Crippen molar-refractivity contribution < 1.29 is 24.2 Å². The second kappa shape index (κ2) is 11.0. The number of nitrogens with zero attached hydrogens (tertiary/aromatic N) is 1. The fourth-order valence-corrected chi connectivity index (χ4v) is 3.65. The Kier molecular flexibility index (Phi) is 7.82. The maximum atomic E-state index is 12.7. The van der Waals surface area contributed by atoms with Crippen molar-refractivity contribution in [3.8, 4) is 16.9 Å². The number of primary amides is 1. The van der Waals surface area contributed by atoms with E-state index in [1.54, 1.807) is 13.0 Å². The van der Waals surface area contributed by atoms with E-state index in [0.29, 0.717) is 12.2 Å². The van der Waals surface area contributed by atoms with Gasteiger partial charge in [-0.1, -0.05) is 60.7 Å². The molecule has 3 N–H and O–H groups in total. The van der Waals surface area contributed by atoms with Crippen LogP contribution in [0.5, 0.6) is 5.75 Å². The molecule has 0 aliphatic carbocycles. The number of amides is 1. The van der Waals surface area contributed by atoms with Crippen molar-refractivity contribution in [2.24, 2.45) is 5.73 Å². The second-order valence-corrected chi connectivity index (χ2v) is 7.70. The van der Waals surface area contributed by atoms with E-state index < -0.39 is 24.3 Å². The van der Waals surface area contributed by atoms with Crippen LogP contribution in [0.2, 0.25) is 0 Å². The smallest absolute Gasteiger partial charge is 0.341 e. The summed E-state index contributed by atoms with van der Waals surface area (Å²) in [5.41, 5.74) is 9.76. The fourth-order valence-electron chi connectivity index (χ4n) is 3.65. The molecule has 174 valence electrons. The van der Waals surface area contributed by atoms with Crippen LogP contribution in [0, 0.1) is 13.8 Å². The number of carboxylic acid groups (broad SMARTS) is 1. The summed E-state index contributed by atoms with van der Waals surface area (Å²) in [6.45, 7) is 3.43. The number of ether oxygens (including phenoxy) is 1. The van der Waals surface area contributed by atoms with Gasteiger partial charge >= 0.3 is 5.97 Å². The van der Waals surface area contributed by atoms with Gasteiger partial charge in [0, 0.05) is 17.9 Å². The van der Waals surface area contributed by atoms with Gasteiger partial charge in [-0.05, 0) is 48.7 Å². The Morgan fingerprint density at radius 2 is 1.59 bits per heavy atom. The third-order valence-electron chi connectivity index (χ3n) is 5.37. The molecule has 7 nitrogen and oxygen atoms in total. The average molecular weight is 459 g/mol. The van der Waals surface area contributed by atoms with Gasteiger partial charge in [-0.2, -0.15) is 0 Å². The van der Waals surface area contributed by atoms with Crippen LogP contribution in [0.4, 0.5) is 0 Å². The molecule has 3 rings (SSSR count). The Hall–Kier alpha value is -4.39. The van der Waals surface area contributed by atoms with Crippen LogP contribution in [0.15, 0.2) is 78.9 Å². The lowest BCUT2D eigenvalue weighted by molar-refractivity contribution is -0.139. The largest absolute Gasteiger partial charge is 0.482 e. The van der Waals surface area contributed by atoms with Crippen LogP contribution in [0.1, 0.15) is 27.3 Å². The maximum Gasteiger partial charge on any atom is 0.341 e. The van der Waals surface area contributed by atoms with Gasteiger partial charge in [0.1, 0.15) is 5.75 Å². The number of benzene rings is 2. The average Bonchev–Trinajstić information content (AvgIpc) is 2.88. The van der Waals surface area contributed by atoms with Gasteiger partial charge in [0.25, 0.3) is 11.7 Å². The highest BCUT2D eigenvalue weighted by Crippen LogP contribution is 2.25. The number of nitrogens with two attached hydrogens (primary N) is 1. The zero-order chi connectivity index (χ0) is 24.7. The minimum Gasteiger partial charge on any atom is -0.482 e. The van der Waals surface area contributed by atoms with Crippen molar-refractivity contribution in [1.82, 2.24) is 4.57 Å². The van der Waals surface area contributed by atoms with Crippen molar-refractivity contribution in [2.45, 2.75) is 20.4 Å². The third-order valence-corrected chi connectivity index (χ3v) is 5.37. The van der Waals surface area contributed by atoms with Gasteiger partial charge < -0.3 is 20.1 Å². The summed E-state index contributed by atoms with van der Waals surface area (Å²) >= 11 is 0. The number of rotatable bonds is 8. The van der Waals surface area contributed by atoms with Gasteiger partial charge in [0.15, 0.2) is 6.61 Å². The van der Waals surface area contributed by atoms with Gasteiger partial charge in [0.05, 0.1) is 5.56 Å². The van der Waals surface area contributed by atoms with Gasteiger partial charge in [-0.15, -0.1) is 0 Å². The molecule has 0 unspecified atom stereocenters. The van der Waals surface area contributed by atoms with Crippen molar-refractivity contribution >= 4 is 17.7 Å². The van der Waals surface area contributed by atoms with E-state index >= 15 is 0 Å². The summed E-state index contributed by atoms with van der Waals surface area (Å²) in [6, 6.07) is 24.3. The first-order valence-electron chi connectivity index (χ1n) is 10.6. The standard InChI is InChI=1S/C27H26N2O5/c1-18-9-8-13-22(34-17-25(30)31)15-24(26(32)27(28)33)19(2)29(18)16-21-12-6-7-14-23(21)20-10-4-3-5-11-20/h3-15H,16-17H2,1-2H3,(H2,28,33)(H,30,31). The van der Waals surface area contributed by atoms with Crippen molar-refractivity contribution in [1.29, 1.82) is 0 Å².